The first kappa shape index (κ1) is 15.7. The maximum Gasteiger partial charge on any atom is 0.130 e. The molecule has 0 radical (unpaired) electrons. The van der Waals surface area contributed by atoms with E-state index in [0.717, 1.165) is 11.1 Å². The molecule has 0 bridgehead atoms. The van der Waals surface area contributed by atoms with Gasteiger partial charge in [0.25, 0.3) is 0 Å². The highest BCUT2D eigenvalue weighted by molar-refractivity contribution is 5.85. The molecule has 1 atom stereocenters. The molecule has 0 aliphatic heterocycles. The average molecular weight is 278 g/mol. The summed E-state index contributed by atoms with van der Waals surface area (Å²) in [7, 11) is 0. The highest BCUT2D eigenvalue weighted by Gasteiger charge is 2.36. The lowest BCUT2D eigenvalue weighted by Gasteiger charge is -2.34. The molecule has 0 heterocycles. The van der Waals surface area contributed by atoms with Gasteiger partial charge in [0.1, 0.15) is 5.60 Å². The second kappa shape index (κ2) is 6.71. The number of hydrogen-bond donors (Lipinski definition) is 2. The van der Waals surface area contributed by atoms with E-state index in [2.05, 4.69) is 0 Å². The van der Waals surface area contributed by atoms with Crippen LogP contribution in [0.25, 0.3) is 0 Å². The Morgan fingerprint density at radius 2 is 1.32 bits per heavy atom. The van der Waals surface area contributed by atoms with E-state index < -0.39 is 5.60 Å². The number of halogens is 1. The molecule has 0 fully saturated rings. The van der Waals surface area contributed by atoms with Crippen molar-refractivity contribution in [3.63, 3.8) is 0 Å². The van der Waals surface area contributed by atoms with Gasteiger partial charge in [0.05, 0.1) is 0 Å². The van der Waals surface area contributed by atoms with Crippen LogP contribution in [-0.4, -0.2) is 11.1 Å². The molecule has 1 unspecified atom stereocenters. The molecule has 3 heteroatoms. The number of rotatable bonds is 4. The molecule has 0 saturated heterocycles. The van der Waals surface area contributed by atoms with Crippen LogP contribution in [0.4, 0.5) is 0 Å². The number of benzene rings is 2. The monoisotopic (exact) mass is 277 g/mol. The maximum atomic E-state index is 11.1. The van der Waals surface area contributed by atoms with Gasteiger partial charge in [-0.2, -0.15) is 0 Å². The van der Waals surface area contributed by atoms with Crippen molar-refractivity contribution < 1.29 is 5.11 Å². The highest BCUT2D eigenvalue weighted by Crippen LogP contribution is 2.33. The van der Waals surface area contributed by atoms with Crippen LogP contribution in [0.1, 0.15) is 24.5 Å². The summed E-state index contributed by atoms with van der Waals surface area (Å²) in [5.41, 5.74) is 6.71. The van der Waals surface area contributed by atoms with E-state index >= 15 is 0 Å². The molecular weight excluding hydrogens is 258 g/mol. The van der Waals surface area contributed by atoms with Gasteiger partial charge in [-0.1, -0.05) is 67.6 Å². The first-order chi connectivity index (χ1) is 8.69. The van der Waals surface area contributed by atoms with E-state index in [1.807, 2.05) is 67.6 Å². The normalized spacial score (nSPS) is 12.6. The summed E-state index contributed by atoms with van der Waals surface area (Å²) in [5.74, 6) is 0. The number of hydrogen-bond acceptors (Lipinski definition) is 2. The van der Waals surface area contributed by atoms with Gasteiger partial charge in [0, 0.05) is 6.04 Å². The van der Waals surface area contributed by atoms with Gasteiger partial charge >= 0.3 is 0 Å². The zero-order chi connectivity index (χ0) is 13.0. The molecule has 0 amide bonds. The van der Waals surface area contributed by atoms with Crippen LogP contribution >= 0.6 is 12.4 Å². The third kappa shape index (κ3) is 2.98. The fourth-order valence-electron chi connectivity index (χ4n) is 2.27. The Hall–Kier alpha value is -1.35. The highest BCUT2D eigenvalue weighted by atomic mass is 35.5. The molecule has 2 nitrogen and oxygen atoms in total. The molecule has 0 spiro atoms. The molecule has 0 saturated carbocycles. The fraction of sp³-hybridized carbons (Fsp3) is 0.250. The summed E-state index contributed by atoms with van der Waals surface area (Å²) in [6.45, 7) is 1.99. The van der Waals surface area contributed by atoms with Crippen LogP contribution < -0.4 is 5.73 Å². The molecule has 102 valence electrons. The molecule has 2 rings (SSSR count). The minimum atomic E-state index is -1.13. The van der Waals surface area contributed by atoms with Gasteiger partial charge in [-0.25, -0.2) is 0 Å². The predicted molar refractivity (Wildman–Crippen MR) is 81.4 cm³/mol. The zero-order valence-electron chi connectivity index (χ0n) is 11.0. The minimum absolute atomic E-state index is 0. The summed E-state index contributed by atoms with van der Waals surface area (Å²) in [6.07, 6.45) is 0.709. The van der Waals surface area contributed by atoms with Crippen LogP contribution in [-0.2, 0) is 5.60 Å². The molecule has 0 aromatic heterocycles. The second-order valence-corrected chi connectivity index (χ2v) is 4.51. The third-order valence-corrected chi connectivity index (χ3v) is 3.40. The molecule has 3 N–H and O–H groups in total. The molecule has 2 aromatic carbocycles. The van der Waals surface area contributed by atoms with Gasteiger partial charge in [-0.3, -0.25) is 0 Å². The summed E-state index contributed by atoms with van der Waals surface area (Å²) >= 11 is 0. The van der Waals surface area contributed by atoms with Crippen molar-refractivity contribution in [2.75, 3.05) is 0 Å². The molecule has 0 aliphatic rings. The van der Waals surface area contributed by atoms with Crippen molar-refractivity contribution in [2.24, 2.45) is 5.73 Å². The van der Waals surface area contributed by atoms with E-state index in [1.54, 1.807) is 0 Å². The molecular formula is C16H20ClNO. The first-order valence-corrected chi connectivity index (χ1v) is 6.28. The zero-order valence-corrected chi connectivity index (χ0v) is 11.8. The Labute approximate surface area is 120 Å². The van der Waals surface area contributed by atoms with E-state index in [1.165, 1.54) is 0 Å². The van der Waals surface area contributed by atoms with Crippen molar-refractivity contribution in [1.82, 2.24) is 0 Å². The third-order valence-electron chi connectivity index (χ3n) is 3.40. The molecule has 2 aromatic rings. The Balaban J connectivity index is 0.00000180. The maximum absolute atomic E-state index is 11.1. The van der Waals surface area contributed by atoms with E-state index in [0.29, 0.717) is 6.42 Å². The predicted octanol–water partition coefficient (Wildman–Crippen LogP) is 3.08. The average Bonchev–Trinajstić information content (AvgIpc) is 2.47. The first-order valence-electron chi connectivity index (χ1n) is 6.28. The number of nitrogens with two attached hydrogens (primary N) is 1. The van der Waals surface area contributed by atoms with Crippen molar-refractivity contribution in [3.8, 4) is 0 Å². The molecule has 19 heavy (non-hydrogen) atoms. The summed E-state index contributed by atoms with van der Waals surface area (Å²) in [4.78, 5) is 0. The fourth-order valence-corrected chi connectivity index (χ4v) is 2.27. The van der Waals surface area contributed by atoms with Gasteiger partial charge < -0.3 is 10.8 Å². The van der Waals surface area contributed by atoms with Gasteiger partial charge in [0.15, 0.2) is 0 Å². The van der Waals surface area contributed by atoms with Crippen LogP contribution in [0.5, 0.6) is 0 Å². The van der Waals surface area contributed by atoms with Gasteiger partial charge in [-0.05, 0) is 17.5 Å². The quantitative estimate of drug-likeness (QED) is 0.902. The lowest BCUT2D eigenvalue weighted by Crippen LogP contribution is -2.46. The van der Waals surface area contributed by atoms with Crippen molar-refractivity contribution in [3.05, 3.63) is 71.8 Å². The Morgan fingerprint density at radius 3 is 1.63 bits per heavy atom. The standard InChI is InChI=1S/C16H19NO.ClH/c1-2-15(17)16(18,13-9-5-3-6-10-13)14-11-7-4-8-12-14;/h3-12,15,18H,2,17H2,1H3;1H. The Bertz CT molecular complexity index is 447. The van der Waals surface area contributed by atoms with Crippen LogP contribution in [0.2, 0.25) is 0 Å². The van der Waals surface area contributed by atoms with E-state index in [-0.39, 0.29) is 18.4 Å². The van der Waals surface area contributed by atoms with Crippen molar-refractivity contribution in [1.29, 1.82) is 0 Å². The summed E-state index contributed by atoms with van der Waals surface area (Å²) < 4.78 is 0. The smallest absolute Gasteiger partial charge is 0.130 e. The van der Waals surface area contributed by atoms with Crippen LogP contribution in [0.15, 0.2) is 60.7 Å². The largest absolute Gasteiger partial charge is 0.379 e. The topological polar surface area (TPSA) is 46.2 Å². The Morgan fingerprint density at radius 1 is 0.947 bits per heavy atom. The SMILES string of the molecule is CCC(N)C(O)(c1ccccc1)c1ccccc1.Cl. The van der Waals surface area contributed by atoms with Crippen molar-refractivity contribution in [2.45, 2.75) is 25.0 Å². The van der Waals surface area contributed by atoms with Crippen LogP contribution in [0, 0.1) is 0 Å². The van der Waals surface area contributed by atoms with E-state index in [4.69, 9.17) is 5.73 Å². The lowest BCUT2D eigenvalue weighted by molar-refractivity contribution is 0.0503. The minimum Gasteiger partial charge on any atom is -0.379 e. The van der Waals surface area contributed by atoms with Crippen molar-refractivity contribution >= 4 is 12.4 Å². The molecule has 0 aliphatic carbocycles. The van der Waals surface area contributed by atoms with Gasteiger partial charge in [-0.15, -0.1) is 12.4 Å². The van der Waals surface area contributed by atoms with E-state index in [9.17, 15) is 5.11 Å². The van der Waals surface area contributed by atoms with Gasteiger partial charge in [0.2, 0.25) is 0 Å². The van der Waals surface area contributed by atoms with Crippen LogP contribution in [0.3, 0.4) is 0 Å². The Kier molecular flexibility index (Phi) is 5.55. The number of aliphatic hydroxyl groups is 1. The summed E-state index contributed by atoms with van der Waals surface area (Å²) in [5, 5.41) is 11.1. The lowest BCUT2D eigenvalue weighted by atomic mass is 9.79. The summed E-state index contributed by atoms with van der Waals surface area (Å²) in [6, 6.07) is 18.9. The second-order valence-electron chi connectivity index (χ2n) is 4.51.